The molecule has 0 amide bonds. The molecule has 2 fully saturated rings. The van der Waals surface area contributed by atoms with Gasteiger partial charge >= 0.3 is 0 Å². The van der Waals surface area contributed by atoms with E-state index in [1.807, 2.05) is 11.5 Å². The topological polar surface area (TPSA) is 91.7 Å². The van der Waals surface area contributed by atoms with Crippen molar-refractivity contribution < 1.29 is 13.8 Å². The molecule has 1 aliphatic heterocycles. The molecule has 1 saturated carbocycles. The minimum absolute atomic E-state index is 0.0314. The molecule has 2 N–H and O–H groups in total. The molecule has 3 unspecified atom stereocenters. The highest BCUT2D eigenvalue weighted by Crippen LogP contribution is 2.62. The van der Waals surface area contributed by atoms with Crippen molar-refractivity contribution in [2.75, 3.05) is 12.8 Å². The summed E-state index contributed by atoms with van der Waals surface area (Å²) in [5.74, 6) is 0.756. The first kappa shape index (κ1) is 18.8. The normalized spacial score (nSPS) is 26.4. The second kappa shape index (κ2) is 8.12. The Kier molecular flexibility index (Phi) is 6.10. The van der Waals surface area contributed by atoms with Crippen LogP contribution in [0.1, 0.15) is 57.9 Å². The summed E-state index contributed by atoms with van der Waals surface area (Å²) in [7, 11) is -2.48. The highest BCUT2D eigenvalue weighted by Gasteiger charge is 2.42. The fourth-order valence-corrected chi connectivity index (χ4v) is 6.05. The van der Waals surface area contributed by atoms with E-state index in [-0.39, 0.29) is 18.0 Å². The maximum absolute atomic E-state index is 12.9. The van der Waals surface area contributed by atoms with Crippen LogP contribution in [0.2, 0.25) is 0 Å². The molecule has 3 rings (SSSR count). The van der Waals surface area contributed by atoms with Crippen molar-refractivity contribution in [2.24, 2.45) is 10.7 Å². The lowest BCUT2D eigenvalue weighted by Crippen LogP contribution is -2.17. The van der Waals surface area contributed by atoms with Gasteiger partial charge in [-0.15, -0.1) is 0 Å². The molecule has 1 aromatic heterocycles. The van der Waals surface area contributed by atoms with Crippen LogP contribution in [0.25, 0.3) is 0 Å². The van der Waals surface area contributed by atoms with Gasteiger partial charge in [0.25, 0.3) is 0 Å². The van der Waals surface area contributed by atoms with Crippen molar-refractivity contribution in [1.29, 1.82) is 0 Å². The van der Waals surface area contributed by atoms with E-state index in [9.17, 15) is 4.57 Å². The van der Waals surface area contributed by atoms with Crippen LogP contribution in [-0.2, 0) is 20.4 Å². The predicted octanol–water partition coefficient (Wildman–Crippen LogP) is 3.61. The maximum Gasteiger partial charge on any atom is 0.206 e. The van der Waals surface area contributed by atoms with E-state index in [1.165, 1.54) is 0 Å². The smallest absolute Gasteiger partial charge is 0.206 e. The van der Waals surface area contributed by atoms with E-state index >= 15 is 0 Å². The zero-order valence-corrected chi connectivity index (χ0v) is 16.0. The molecule has 0 aromatic carbocycles. The predicted molar refractivity (Wildman–Crippen MR) is 98.8 cm³/mol. The third-order valence-corrected chi connectivity index (χ3v) is 8.08. The monoisotopic (exact) mass is 368 g/mol. The Morgan fingerprint density at radius 2 is 2.28 bits per heavy atom. The lowest BCUT2D eigenvalue weighted by atomic mass is 10.2. The third-order valence-electron chi connectivity index (χ3n) is 4.80. The summed E-state index contributed by atoms with van der Waals surface area (Å²) in [6, 6.07) is 0. The minimum atomic E-state index is -2.48. The summed E-state index contributed by atoms with van der Waals surface area (Å²) in [5.41, 5.74) is 6.79. The first-order valence-corrected chi connectivity index (χ1v) is 11.1. The van der Waals surface area contributed by atoms with Crippen molar-refractivity contribution >= 4 is 19.4 Å². The Morgan fingerprint density at radius 3 is 2.92 bits per heavy atom. The number of ether oxygens (including phenoxy) is 1. The molecule has 2 heterocycles. The summed E-state index contributed by atoms with van der Waals surface area (Å²) in [5, 5.41) is 0. The zero-order valence-electron chi connectivity index (χ0n) is 15.1. The summed E-state index contributed by atoms with van der Waals surface area (Å²) in [4.78, 5) is 8.72. The quantitative estimate of drug-likeness (QED) is 0.531. The van der Waals surface area contributed by atoms with Crippen LogP contribution < -0.4 is 5.73 Å². The van der Waals surface area contributed by atoms with E-state index in [0.717, 1.165) is 43.6 Å². The van der Waals surface area contributed by atoms with Crippen molar-refractivity contribution in [3.05, 3.63) is 12.0 Å². The fraction of sp³-hybridized carbons (Fsp3) is 0.765. The number of rotatable bonds is 9. The van der Waals surface area contributed by atoms with Gasteiger partial charge in [-0.1, -0.05) is 6.92 Å². The number of nitrogens with two attached hydrogens (primary N) is 1. The van der Waals surface area contributed by atoms with Gasteiger partial charge in [0, 0.05) is 24.6 Å². The number of imidazole rings is 1. The van der Waals surface area contributed by atoms with Crippen LogP contribution >= 0.6 is 7.37 Å². The minimum Gasteiger partial charge on any atom is -0.352 e. The van der Waals surface area contributed by atoms with Crippen LogP contribution in [0.4, 0.5) is 5.82 Å². The molecule has 8 heteroatoms. The molecule has 1 saturated heterocycles. The number of aromatic nitrogens is 2. The van der Waals surface area contributed by atoms with Gasteiger partial charge in [0.15, 0.2) is 5.82 Å². The average Bonchev–Trinajstić information content (AvgIpc) is 3.24. The molecule has 3 atom stereocenters. The number of aliphatic imine (C=N–C) groups is 1. The maximum atomic E-state index is 12.9. The lowest BCUT2D eigenvalue weighted by molar-refractivity contribution is -0.0165. The van der Waals surface area contributed by atoms with Crippen LogP contribution in [0.5, 0.6) is 0 Å². The zero-order chi connectivity index (χ0) is 17.9. The van der Waals surface area contributed by atoms with Crippen LogP contribution in [0, 0.1) is 0 Å². The average molecular weight is 368 g/mol. The lowest BCUT2D eigenvalue weighted by Gasteiger charge is -2.21. The Balaban J connectivity index is 1.60. The van der Waals surface area contributed by atoms with Gasteiger partial charge in [-0.05, 0) is 39.0 Å². The van der Waals surface area contributed by atoms with Gasteiger partial charge in [-0.3, -0.25) is 9.13 Å². The van der Waals surface area contributed by atoms with E-state index in [4.69, 9.17) is 15.0 Å². The van der Waals surface area contributed by atoms with Crippen LogP contribution in [-0.4, -0.2) is 40.3 Å². The van der Waals surface area contributed by atoms with Gasteiger partial charge in [0.1, 0.15) is 6.23 Å². The molecule has 140 valence electrons. The highest BCUT2D eigenvalue weighted by atomic mass is 31.2. The molecular formula is C17H29N4O3P. The van der Waals surface area contributed by atoms with Crippen molar-refractivity contribution in [3.63, 3.8) is 0 Å². The molecule has 0 bridgehead atoms. The molecule has 1 aromatic rings. The standard InChI is InChI=1S/C17H29N4O3P/c1-3-9-25(22,14-6-7-14)23-11-13-5-8-16(24-13)21-12-20-15(10-18)17(21)19-4-2/h4,12-14,16H,3,5-11,18H2,1-2H3. The highest BCUT2D eigenvalue weighted by molar-refractivity contribution is 7.60. The van der Waals surface area contributed by atoms with Gasteiger partial charge in [-0.25, -0.2) is 9.98 Å². The summed E-state index contributed by atoms with van der Waals surface area (Å²) < 4.78 is 26.9. The summed E-state index contributed by atoms with van der Waals surface area (Å²) >= 11 is 0. The first-order valence-electron chi connectivity index (χ1n) is 9.24. The Morgan fingerprint density at radius 1 is 1.48 bits per heavy atom. The third kappa shape index (κ3) is 4.22. The Hall–Kier alpha value is -1.01. The van der Waals surface area contributed by atoms with Crippen molar-refractivity contribution in [1.82, 2.24) is 9.55 Å². The number of nitrogens with zero attached hydrogens (tertiary/aromatic N) is 3. The first-order chi connectivity index (χ1) is 12.1. The molecule has 0 radical (unpaired) electrons. The number of hydrogen-bond donors (Lipinski definition) is 1. The van der Waals surface area contributed by atoms with E-state index in [1.54, 1.807) is 12.5 Å². The molecule has 7 nitrogen and oxygen atoms in total. The SMILES string of the molecule is CC=Nc1c(CN)ncn1C1CCC(COP(=O)(CCC)C2CC2)O1. The van der Waals surface area contributed by atoms with Crippen LogP contribution in [0.3, 0.4) is 0 Å². The second-order valence-electron chi connectivity index (χ2n) is 6.78. The van der Waals surface area contributed by atoms with Crippen LogP contribution in [0.15, 0.2) is 11.3 Å². The van der Waals surface area contributed by atoms with E-state index in [2.05, 4.69) is 16.9 Å². The molecule has 2 aliphatic rings. The van der Waals surface area contributed by atoms with Gasteiger partial charge in [0.2, 0.25) is 7.37 Å². The molecule has 25 heavy (non-hydrogen) atoms. The molecule has 0 spiro atoms. The van der Waals surface area contributed by atoms with E-state index < -0.39 is 7.37 Å². The van der Waals surface area contributed by atoms with Crippen molar-refractivity contribution in [3.8, 4) is 0 Å². The summed E-state index contributed by atoms with van der Waals surface area (Å²) in [6.45, 7) is 4.69. The van der Waals surface area contributed by atoms with Crippen molar-refractivity contribution in [2.45, 2.75) is 70.5 Å². The Bertz CT molecular complexity index is 656. The fourth-order valence-electron chi connectivity index (χ4n) is 3.37. The van der Waals surface area contributed by atoms with Gasteiger partial charge in [-0.2, -0.15) is 0 Å². The van der Waals surface area contributed by atoms with E-state index in [0.29, 0.717) is 19.3 Å². The molecule has 1 aliphatic carbocycles. The largest absolute Gasteiger partial charge is 0.352 e. The Labute approximate surface area is 149 Å². The number of hydrogen-bond acceptors (Lipinski definition) is 6. The summed E-state index contributed by atoms with van der Waals surface area (Å²) in [6.07, 6.45) is 8.74. The van der Waals surface area contributed by atoms with Gasteiger partial charge < -0.3 is 15.0 Å². The molecular weight excluding hydrogens is 339 g/mol. The van der Waals surface area contributed by atoms with Gasteiger partial charge in [0.05, 0.1) is 24.7 Å². The second-order valence-corrected chi connectivity index (χ2v) is 9.67.